The third kappa shape index (κ3) is 14.2. The van der Waals surface area contributed by atoms with E-state index in [1.807, 2.05) is 71.6 Å². The number of likely N-dealkylation sites (tertiary alicyclic amines) is 1. The zero-order chi connectivity index (χ0) is 50.1. The zero-order valence-electron chi connectivity index (χ0n) is 38.3. The molecule has 2 aliphatic rings. The maximum atomic E-state index is 11.9. The molecule has 0 aliphatic carbocycles. The number of nitrogens with one attached hydrogen (secondary N) is 1. The van der Waals surface area contributed by atoms with Crippen molar-refractivity contribution in [2.24, 2.45) is 14.1 Å². The number of rotatable bonds is 10. The highest BCUT2D eigenvalue weighted by Gasteiger charge is 2.29. The molecule has 68 heavy (non-hydrogen) atoms. The van der Waals surface area contributed by atoms with Crippen LogP contribution in [0.2, 0.25) is 0 Å². The Morgan fingerprint density at radius 3 is 1.69 bits per heavy atom. The number of amides is 1. The molecule has 1 unspecified atom stereocenters. The van der Waals surface area contributed by atoms with Crippen LogP contribution in [0.4, 0.5) is 0 Å². The van der Waals surface area contributed by atoms with Gasteiger partial charge in [0.2, 0.25) is 17.7 Å². The van der Waals surface area contributed by atoms with Gasteiger partial charge in [-0.15, -0.1) is 0 Å². The Bertz CT molecular complexity index is 2820. The second-order valence-corrected chi connectivity index (χ2v) is 18.3. The number of aryl methyl sites for hydroxylation is 4. The predicted molar refractivity (Wildman–Crippen MR) is 258 cm³/mol. The fraction of sp³-hybridized carbons (Fsp3) is 0.488. The predicted octanol–water partition coefficient (Wildman–Crippen LogP) is 5.63. The van der Waals surface area contributed by atoms with Gasteiger partial charge in [-0.05, 0) is 54.7 Å². The zero-order valence-corrected chi connectivity index (χ0v) is 42.2. The summed E-state index contributed by atoms with van der Waals surface area (Å²) in [5.41, 5.74) is 6.78. The van der Waals surface area contributed by atoms with Crippen LogP contribution in [0.1, 0.15) is 50.9 Å². The fourth-order valence-electron chi connectivity index (χ4n) is 6.92. The number of nitriles is 3. The van der Waals surface area contributed by atoms with E-state index in [1.54, 1.807) is 4.90 Å². The highest BCUT2D eigenvalue weighted by Crippen LogP contribution is 2.31. The second-order valence-electron chi connectivity index (χ2n) is 14.6. The molecular weight excluding hydrogens is 980 g/mol. The first-order valence-electron chi connectivity index (χ1n) is 20.8. The number of imidazole rings is 2. The van der Waals surface area contributed by atoms with Crippen LogP contribution in [0, 0.1) is 47.8 Å². The summed E-state index contributed by atoms with van der Waals surface area (Å²) in [6.07, 6.45) is 7.76. The summed E-state index contributed by atoms with van der Waals surface area (Å²) in [5.74, 6) is 1.29. The van der Waals surface area contributed by atoms with Gasteiger partial charge in [0, 0.05) is 58.1 Å². The van der Waals surface area contributed by atoms with E-state index in [0.717, 1.165) is 79.8 Å². The Labute approximate surface area is 413 Å². The van der Waals surface area contributed by atoms with Crippen molar-refractivity contribution >= 4 is 88.2 Å². The average Bonchev–Trinajstić information content (AvgIpc) is 4.19. The van der Waals surface area contributed by atoms with Crippen molar-refractivity contribution in [3.63, 3.8) is 0 Å². The highest BCUT2D eigenvalue weighted by atomic mass is 35.6. The molecule has 0 radical (unpaired) electrons. The van der Waals surface area contributed by atoms with E-state index in [-0.39, 0.29) is 24.5 Å². The van der Waals surface area contributed by atoms with E-state index in [2.05, 4.69) is 61.1 Å². The molecule has 2 saturated heterocycles. The Morgan fingerprint density at radius 2 is 1.32 bits per heavy atom. The van der Waals surface area contributed by atoms with Crippen molar-refractivity contribution in [2.75, 3.05) is 32.8 Å². The Hall–Kier alpha value is -6.12. The molecule has 2 fully saturated rings. The number of carbonyl (C=O) groups is 2. The van der Waals surface area contributed by atoms with Gasteiger partial charge >= 0.3 is 5.97 Å². The number of fused-ring (bicyclic) bond motifs is 2. The minimum atomic E-state index is -1.74. The summed E-state index contributed by atoms with van der Waals surface area (Å²) in [5, 5.41) is 43.9. The number of aromatic nitrogens is 12. The minimum absolute atomic E-state index is 0.112. The third-order valence-corrected chi connectivity index (χ3v) is 10.4. The smallest absolute Gasteiger partial charge is 0.317 e. The van der Waals surface area contributed by atoms with Gasteiger partial charge < -0.3 is 33.9 Å². The number of hydrogen-bond donors (Lipinski definition) is 2. The van der Waals surface area contributed by atoms with Crippen molar-refractivity contribution < 1.29 is 24.2 Å². The number of hydrogen-bond acceptors (Lipinski definition) is 17. The quantitative estimate of drug-likeness (QED) is 0.124. The Morgan fingerprint density at radius 1 is 0.853 bits per heavy atom. The van der Waals surface area contributed by atoms with Crippen LogP contribution in [-0.2, 0) is 48.6 Å². The molecule has 2 aliphatic heterocycles. The van der Waals surface area contributed by atoms with E-state index in [9.17, 15) is 9.59 Å². The maximum Gasteiger partial charge on any atom is 0.317 e. The normalized spacial score (nSPS) is 15.0. The molecular formula is C41H49Cl3N17O5PS. The van der Waals surface area contributed by atoms with Crippen LogP contribution in [0.5, 0.6) is 11.8 Å². The summed E-state index contributed by atoms with van der Waals surface area (Å²) in [4.78, 5) is 49.8. The first kappa shape index (κ1) is 54.5. The summed E-state index contributed by atoms with van der Waals surface area (Å²) >= 11 is 19.0. The molecule has 6 aromatic heterocycles. The third-order valence-electron chi connectivity index (χ3n) is 10.2. The van der Waals surface area contributed by atoms with Crippen molar-refractivity contribution in [3.8, 4) is 52.7 Å². The molecule has 27 heteroatoms. The number of carboxylic acids is 1. The SMILES string of the molecule is CCn1ncc(-c2nc3c(OC4CCNC4)ncnc3n2C)c1C.CCn1ncc(-c2nc3c(O[C@H]4CCN(C(=O)CC#N)C4)ncnc3n2C)c1C.CP=S.N#CC(Cl)(Cl)Cl.N#CCC(=O)O. The van der Waals surface area contributed by atoms with Gasteiger partial charge in [-0.3, -0.25) is 19.0 Å². The summed E-state index contributed by atoms with van der Waals surface area (Å²) < 4.78 is 18.1. The van der Waals surface area contributed by atoms with Crippen molar-refractivity contribution in [3.05, 3.63) is 36.4 Å². The van der Waals surface area contributed by atoms with E-state index >= 15 is 0 Å². The first-order valence-corrected chi connectivity index (χ1v) is 24.3. The summed E-state index contributed by atoms with van der Waals surface area (Å²) in [7, 11) is 4.86. The van der Waals surface area contributed by atoms with Crippen LogP contribution >= 0.6 is 42.2 Å². The molecule has 0 spiro atoms. The molecule has 8 rings (SSSR count). The van der Waals surface area contributed by atoms with Crippen LogP contribution in [0.25, 0.3) is 45.1 Å². The molecule has 0 aromatic carbocycles. The largest absolute Gasteiger partial charge is 0.480 e. The number of alkyl halides is 3. The molecule has 6 aromatic rings. The molecule has 2 N–H and O–H groups in total. The summed E-state index contributed by atoms with van der Waals surface area (Å²) in [6, 6.07) is 4.76. The minimum Gasteiger partial charge on any atom is -0.480 e. The molecule has 8 heterocycles. The monoisotopic (exact) mass is 1030 g/mol. The van der Waals surface area contributed by atoms with E-state index < -0.39 is 16.2 Å². The van der Waals surface area contributed by atoms with E-state index in [4.69, 9.17) is 75.1 Å². The van der Waals surface area contributed by atoms with Gasteiger partial charge in [0.25, 0.3) is 3.79 Å². The number of aliphatic carboxylic acids is 1. The average molecular weight is 1030 g/mol. The van der Waals surface area contributed by atoms with E-state index in [1.165, 1.54) is 24.8 Å². The topological polar surface area (TPSA) is 282 Å². The molecule has 0 saturated carbocycles. The lowest BCUT2D eigenvalue weighted by Gasteiger charge is -2.15. The Balaban J connectivity index is 0.000000231. The van der Waals surface area contributed by atoms with Crippen molar-refractivity contribution in [1.29, 1.82) is 15.8 Å². The van der Waals surface area contributed by atoms with Gasteiger partial charge in [0.15, 0.2) is 22.3 Å². The molecule has 2 atom stereocenters. The van der Waals surface area contributed by atoms with Crippen molar-refractivity contribution in [2.45, 2.75) is 82.5 Å². The number of carbonyl (C=O) groups excluding carboxylic acids is 1. The lowest BCUT2D eigenvalue weighted by molar-refractivity contribution is -0.135. The number of halogens is 3. The highest BCUT2D eigenvalue weighted by molar-refractivity contribution is 7.96. The number of carboxylic acid groups (broad SMARTS) is 1. The van der Waals surface area contributed by atoms with Gasteiger partial charge in [-0.1, -0.05) is 46.6 Å². The van der Waals surface area contributed by atoms with Crippen LogP contribution < -0.4 is 14.8 Å². The van der Waals surface area contributed by atoms with Crippen LogP contribution in [0.3, 0.4) is 0 Å². The number of ether oxygens (including phenoxy) is 2. The standard InChI is InChI=1S/C19H22N8O2.C16H21N7O.C3H3NO2.C2Cl3N.CH3PS/c1-4-27-12(2)14(9-23-27)17-24-16-18(25(17)3)21-11-22-19(16)29-13-6-8-26(10-13)15(28)5-7-20;1-4-23-10(2)12(8-20-23)14-21-13-15(22(14)3)18-9-19-16(13)24-11-5-6-17-7-11;4-2-1-3(5)6;3-2(4,5)1-6;1-2-3/h9,11,13H,4-6,8,10H2,1-3H3;8-9,11,17H,4-7H2,1-3H3;1H2,(H,5,6);;1H3/t13-;;;;/m0..../s1. The molecule has 0 bridgehead atoms. The fourth-order valence-corrected chi connectivity index (χ4v) is 6.92. The summed E-state index contributed by atoms with van der Waals surface area (Å²) in [6.45, 7) is 14.5. The second kappa shape index (κ2) is 25.9. The van der Waals surface area contributed by atoms with Crippen LogP contribution in [0.15, 0.2) is 25.0 Å². The van der Waals surface area contributed by atoms with Gasteiger partial charge in [-0.2, -0.15) is 36.0 Å². The lowest BCUT2D eigenvalue weighted by atomic mass is 10.2. The van der Waals surface area contributed by atoms with Gasteiger partial charge in [0.1, 0.15) is 55.4 Å². The first-order chi connectivity index (χ1) is 32.5. The molecule has 360 valence electrons. The van der Waals surface area contributed by atoms with Gasteiger partial charge in [0.05, 0.1) is 42.2 Å². The van der Waals surface area contributed by atoms with Crippen LogP contribution in [-0.4, -0.2) is 129 Å². The van der Waals surface area contributed by atoms with Crippen molar-refractivity contribution in [1.82, 2.24) is 68.8 Å². The number of nitrogens with zero attached hydrogens (tertiary/aromatic N) is 16. The van der Waals surface area contributed by atoms with E-state index in [0.29, 0.717) is 48.0 Å². The van der Waals surface area contributed by atoms with Gasteiger partial charge in [-0.25, -0.2) is 19.9 Å². The molecule has 1 amide bonds. The maximum absolute atomic E-state index is 11.9. The molecule has 22 nitrogen and oxygen atoms in total. The lowest BCUT2D eigenvalue weighted by Crippen LogP contribution is -2.30. The Kier molecular flexibility index (Phi) is 20.7.